The van der Waals surface area contributed by atoms with Crippen molar-refractivity contribution in [3.05, 3.63) is 102 Å². The van der Waals surface area contributed by atoms with Crippen LogP contribution in [0.25, 0.3) is 22.2 Å². The Morgan fingerprint density at radius 2 is 1.62 bits per heavy atom. The number of carbonyl (C=O) groups is 1. The largest absolute Gasteiger partial charge is 0.511 e. The van der Waals surface area contributed by atoms with E-state index in [-0.39, 0.29) is 10.6 Å². The summed E-state index contributed by atoms with van der Waals surface area (Å²) in [6, 6.07) is 27.2. The zero-order valence-electron chi connectivity index (χ0n) is 27.1. The summed E-state index contributed by atoms with van der Waals surface area (Å²) in [6.07, 6.45) is 4.05. The summed E-state index contributed by atoms with van der Waals surface area (Å²) < 4.78 is 42.0. The van der Waals surface area contributed by atoms with E-state index in [1.165, 1.54) is 4.31 Å². The number of benzene rings is 4. The van der Waals surface area contributed by atoms with Crippen molar-refractivity contribution in [1.29, 1.82) is 0 Å². The molecule has 0 saturated heterocycles. The second-order valence-electron chi connectivity index (χ2n) is 11.4. The Balaban J connectivity index is 1.53. The lowest BCUT2D eigenvalue weighted by atomic mass is 10.0. The lowest BCUT2D eigenvalue weighted by molar-refractivity contribution is 0.144. The van der Waals surface area contributed by atoms with Crippen molar-refractivity contribution in [2.24, 2.45) is 0 Å². The minimum atomic E-state index is -3.85. The molecule has 4 aromatic carbocycles. The zero-order chi connectivity index (χ0) is 33.4. The average molecular weight is 656 g/mol. The molecule has 0 aliphatic rings. The molecule has 0 aliphatic carbocycles. The molecule has 0 amide bonds. The van der Waals surface area contributed by atoms with Gasteiger partial charge in [-0.05, 0) is 72.5 Å². The summed E-state index contributed by atoms with van der Waals surface area (Å²) in [5.74, 6) is 1.81. The summed E-state index contributed by atoms with van der Waals surface area (Å²) in [6.45, 7) is 5.14. The van der Waals surface area contributed by atoms with E-state index in [1.807, 2.05) is 54.6 Å². The maximum atomic E-state index is 14.0. The van der Waals surface area contributed by atoms with Crippen molar-refractivity contribution in [3.63, 3.8) is 0 Å². The van der Waals surface area contributed by atoms with E-state index in [4.69, 9.17) is 19.6 Å². The summed E-state index contributed by atoms with van der Waals surface area (Å²) in [5.41, 5.74) is 4.82. The number of hydrogen-bond acceptors (Lipinski definition) is 6. The number of ether oxygens (including phenoxy) is 2. The van der Waals surface area contributed by atoms with Gasteiger partial charge in [0.05, 0.1) is 28.7 Å². The first kappa shape index (κ1) is 33.5. The number of sulfonamides is 1. The van der Waals surface area contributed by atoms with E-state index in [0.29, 0.717) is 30.1 Å². The molecule has 1 aromatic heterocycles. The Morgan fingerprint density at radius 1 is 0.894 bits per heavy atom. The van der Waals surface area contributed by atoms with Crippen molar-refractivity contribution < 1.29 is 27.8 Å². The third kappa shape index (κ3) is 7.77. The van der Waals surface area contributed by atoms with Gasteiger partial charge in [0.25, 0.3) is 10.0 Å². The fourth-order valence-electron chi connectivity index (χ4n) is 5.65. The van der Waals surface area contributed by atoms with Crippen LogP contribution in [0.3, 0.4) is 0 Å². The van der Waals surface area contributed by atoms with Gasteiger partial charge in [0.15, 0.2) is 0 Å². The first-order valence-corrected chi connectivity index (χ1v) is 17.4. The molecule has 0 fully saturated rings. The Morgan fingerprint density at radius 3 is 2.30 bits per heavy atom. The van der Waals surface area contributed by atoms with E-state index in [2.05, 4.69) is 18.4 Å². The number of anilines is 1. The van der Waals surface area contributed by atoms with Gasteiger partial charge in [0.2, 0.25) is 0 Å². The smallest absolute Gasteiger partial charge is 0.497 e. The third-order valence-corrected chi connectivity index (χ3v) is 10.00. The minimum absolute atomic E-state index is 0.211. The van der Waals surface area contributed by atoms with E-state index in [9.17, 15) is 13.2 Å². The third-order valence-electron chi connectivity index (χ3n) is 8.15. The summed E-state index contributed by atoms with van der Waals surface area (Å²) in [4.78, 5) is 16.4. The summed E-state index contributed by atoms with van der Waals surface area (Å²) >= 11 is 0. The van der Waals surface area contributed by atoms with Gasteiger partial charge in [-0.25, -0.2) is 18.2 Å². The molecule has 0 bridgehead atoms. The van der Waals surface area contributed by atoms with Crippen LogP contribution in [0.5, 0.6) is 11.5 Å². The Labute approximate surface area is 276 Å². The second-order valence-corrected chi connectivity index (χ2v) is 13.3. The number of unbranched alkanes of at least 4 members (excludes halogenated alkanes) is 3. The number of fused-ring (bicyclic) bond motifs is 1. The predicted molar refractivity (Wildman–Crippen MR) is 185 cm³/mol. The van der Waals surface area contributed by atoms with Gasteiger partial charge in [-0.1, -0.05) is 75.6 Å². The molecule has 1 heterocycles. The molecule has 0 atom stereocenters. The molecule has 0 unspecified atom stereocenters. The summed E-state index contributed by atoms with van der Waals surface area (Å²) in [7, 11) is -2.29. The zero-order valence-corrected chi connectivity index (χ0v) is 27.9. The molecule has 0 aliphatic heterocycles. The Kier molecular flexibility index (Phi) is 10.8. The highest BCUT2D eigenvalue weighted by atomic mass is 32.2. The quantitative estimate of drug-likeness (QED) is 0.0684. The van der Waals surface area contributed by atoms with Crippen molar-refractivity contribution in [2.45, 2.75) is 63.8 Å². The maximum Gasteiger partial charge on any atom is 0.511 e. The second kappa shape index (κ2) is 15.2. The van der Waals surface area contributed by atoms with Crippen LogP contribution in [0.15, 0.2) is 95.9 Å². The molecule has 5 aromatic rings. The van der Waals surface area contributed by atoms with Crippen LogP contribution in [-0.2, 0) is 23.0 Å². The molecule has 47 heavy (non-hydrogen) atoms. The number of rotatable bonds is 15. The lowest BCUT2D eigenvalue weighted by Crippen LogP contribution is -2.32. The van der Waals surface area contributed by atoms with Gasteiger partial charge >= 0.3 is 6.16 Å². The van der Waals surface area contributed by atoms with E-state index < -0.39 is 16.2 Å². The number of methoxy groups -OCH3 is 1. The number of imidazole rings is 1. The van der Waals surface area contributed by atoms with Crippen molar-refractivity contribution in [3.8, 4) is 22.6 Å². The standard InChI is InChI=1S/C37H41N3O6S/c1-4-6-10-24-40(47(43,44)31-21-19-30(45-3)20-22-31)29-18-23-33-34(25-29)39(36(38-33)13-7-5-2)26-27-14-16-28(17-15-27)32-11-8-9-12-35(32)46-37(41)42/h8-9,11-12,14-23,25H,4-7,10,13,24,26H2,1-3H3,(H,41,42). The van der Waals surface area contributed by atoms with E-state index in [0.717, 1.165) is 66.5 Å². The molecule has 0 radical (unpaired) electrons. The van der Waals surface area contributed by atoms with Crippen molar-refractivity contribution >= 4 is 32.9 Å². The molecule has 0 spiro atoms. The molecule has 1 N–H and O–H groups in total. The Hall–Kier alpha value is -4.83. The van der Waals surface area contributed by atoms with E-state index >= 15 is 0 Å². The number of carboxylic acid groups (broad SMARTS) is 1. The molecular formula is C37H41N3O6S. The van der Waals surface area contributed by atoms with Crippen LogP contribution in [-0.4, -0.2) is 42.9 Å². The lowest BCUT2D eigenvalue weighted by Gasteiger charge is -2.25. The number of aromatic nitrogens is 2. The topological polar surface area (TPSA) is 111 Å². The maximum absolute atomic E-state index is 14.0. The van der Waals surface area contributed by atoms with Gasteiger partial charge in [0.1, 0.15) is 17.3 Å². The average Bonchev–Trinajstić information content (AvgIpc) is 3.42. The molecule has 246 valence electrons. The number of para-hydroxylation sites is 1. The SMILES string of the molecule is CCCCCN(c1ccc2nc(CCCC)n(Cc3ccc(-c4ccccc4OC(=O)O)cc3)c2c1)S(=O)(=O)c1ccc(OC)cc1. The van der Waals surface area contributed by atoms with Gasteiger partial charge < -0.3 is 19.1 Å². The van der Waals surface area contributed by atoms with Crippen LogP contribution in [0.4, 0.5) is 10.5 Å². The van der Waals surface area contributed by atoms with Crippen LogP contribution in [0, 0.1) is 0 Å². The monoisotopic (exact) mass is 655 g/mol. The molecule has 9 nitrogen and oxygen atoms in total. The fraction of sp³-hybridized carbons (Fsp3) is 0.297. The minimum Gasteiger partial charge on any atom is -0.497 e. The highest BCUT2D eigenvalue weighted by molar-refractivity contribution is 7.92. The number of hydrogen-bond donors (Lipinski definition) is 1. The van der Waals surface area contributed by atoms with Crippen LogP contribution >= 0.6 is 0 Å². The highest BCUT2D eigenvalue weighted by Gasteiger charge is 2.26. The molecule has 5 rings (SSSR count). The van der Waals surface area contributed by atoms with Crippen molar-refractivity contribution in [2.75, 3.05) is 18.0 Å². The number of aryl methyl sites for hydroxylation is 1. The van der Waals surface area contributed by atoms with Gasteiger partial charge in [-0.3, -0.25) is 4.31 Å². The van der Waals surface area contributed by atoms with Crippen LogP contribution in [0.2, 0.25) is 0 Å². The normalized spacial score (nSPS) is 11.5. The molecule has 10 heteroatoms. The van der Waals surface area contributed by atoms with E-state index in [1.54, 1.807) is 43.5 Å². The van der Waals surface area contributed by atoms with Crippen molar-refractivity contribution in [1.82, 2.24) is 9.55 Å². The highest BCUT2D eigenvalue weighted by Crippen LogP contribution is 2.32. The van der Waals surface area contributed by atoms with Gasteiger partial charge in [0, 0.05) is 25.1 Å². The van der Waals surface area contributed by atoms with Crippen LogP contribution < -0.4 is 13.8 Å². The Bertz CT molecular complexity index is 1920. The summed E-state index contributed by atoms with van der Waals surface area (Å²) in [5, 5.41) is 9.16. The predicted octanol–water partition coefficient (Wildman–Crippen LogP) is 8.55. The first-order valence-electron chi connectivity index (χ1n) is 16.0. The number of nitrogens with zero attached hydrogens (tertiary/aromatic N) is 3. The fourth-order valence-corrected chi connectivity index (χ4v) is 7.14. The van der Waals surface area contributed by atoms with Gasteiger partial charge in [-0.2, -0.15) is 0 Å². The molecule has 0 saturated carbocycles. The first-order chi connectivity index (χ1) is 22.7. The molecular weight excluding hydrogens is 614 g/mol. The van der Waals surface area contributed by atoms with Crippen LogP contribution in [0.1, 0.15) is 57.3 Å². The van der Waals surface area contributed by atoms with Gasteiger partial charge in [-0.15, -0.1) is 0 Å².